The van der Waals surface area contributed by atoms with Gasteiger partial charge in [-0.1, -0.05) is 0 Å². The molecule has 0 saturated carbocycles. The summed E-state index contributed by atoms with van der Waals surface area (Å²) in [4.78, 5) is 30.4. The average molecular weight is 472 g/mol. The zero-order valence-corrected chi connectivity index (χ0v) is 18.8. The first-order chi connectivity index (χ1) is 16.2. The number of fused-ring (bicyclic) bond motifs is 1. The molecule has 8 nitrogen and oxygen atoms in total. The number of ether oxygens (including phenoxy) is 1. The molecule has 0 spiro atoms. The minimum absolute atomic E-state index is 0.0125. The smallest absolute Gasteiger partial charge is 0.279 e. The van der Waals surface area contributed by atoms with Gasteiger partial charge in [-0.25, -0.2) is 28.1 Å². The number of aryl methyl sites for hydroxylation is 1. The predicted molar refractivity (Wildman–Crippen MR) is 121 cm³/mol. The van der Waals surface area contributed by atoms with Crippen molar-refractivity contribution in [3.05, 3.63) is 63.4 Å². The Morgan fingerprint density at radius 3 is 2.62 bits per heavy atom. The molecule has 1 aliphatic heterocycles. The molecule has 2 aromatic heterocycles. The fraction of sp³-hybridized carbons (Fsp3) is 0.348. The zero-order valence-electron chi connectivity index (χ0n) is 18.8. The third-order valence-electron chi connectivity index (χ3n) is 5.92. The highest BCUT2D eigenvalue weighted by Crippen LogP contribution is 2.34. The Kier molecular flexibility index (Phi) is 6.47. The molecule has 2 atom stereocenters. The van der Waals surface area contributed by atoms with Gasteiger partial charge in [0.05, 0.1) is 6.10 Å². The molecule has 1 aliphatic rings. The van der Waals surface area contributed by atoms with Crippen LogP contribution >= 0.6 is 0 Å². The van der Waals surface area contributed by atoms with Gasteiger partial charge in [-0.2, -0.15) is 0 Å². The van der Waals surface area contributed by atoms with Gasteiger partial charge in [-0.3, -0.25) is 14.4 Å². The highest BCUT2D eigenvalue weighted by atomic mass is 19.2. The van der Waals surface area contributed by atoms with Crippen LogP contribution in [-0.2, 0) is 11.8 Å². The van der Waals surface area contributed by atoms with Crippen LogP contribution in [0.2, 0.25) is 0 Å². The van der Waals surface area contributed by atoms with Crippen LogP contribution in [0.15, 0.2) is 33.7 Å². The van der Waals surface area contributed by atoms with Gasteiger partial charge < -0.3 is 10.5 Å². The lowest BCUT2D eigenvalue weighted by atomic mass is 9.91. The average Bonchev–Trinajstić information content (AvgIpc) is 2.83. The van der Waals surface area contributed by atoms with E-state index in [1.54, 1.807) is 20.2 Å². The van der Waals surface area contributed by atoms with Gasteiger partial charge in [0.15, 0.2) is 17.2 Å². The number of rotatable bonds is 4. The fourth-order valence-corrected chi connectivity index (χ4v) is 3.99. The van der Waals surface area contributed by atoms with Crippen LogP contribution in [0.5, 0.6) is 0 Å². The SMILES string of the molecule is CN=C/C(=C\N)[C@@H]1C[C@H](c2nc(-c3cc(F)c(F)cc3F)c3nc(C)n(C)c(=O)c3n2)CCO1. The van der Waals surface area contributed by atoms with E-state index in [4.69, 9.17) is 10.5 Å². The number of nitrogens with two attached hydrogens (primary N) is 1. The number of aliphatic imine (C=N–C) groups is 1. The predicted octanol–water partition coefficient (Wildman–Crippen LogP) is 2.92. The molecule has 0 radical (unpaired) electrons. The van der Waals surface area contributed by atoms with Crippen LogP contribution in [0.25, 0.3) is 22.3 Å². The Hall–Kier alpha value is -3.60. The van der Waals surface area contributed by atoms with Crippen LogP contribution in [0.1, 0.15) is 30.4 Å². The quantitative estimate of drug-likeness (QED) is 0.462. The summed E-state index contributed by atoms with van der Waals surface area (Å²) in [5.41, 5.74) is 5.52. The maximum atomic E-state index is 14.8. The largest absolute Gasteiger partial charge is 0.404 e. The molecule has 3 aromatic rings. The standard InChI is InChI=1S/C23H23F3N6O2/c1-11-29-20-19(14-7-16(25)17(26)8-15(14)24)30-22(31-21(20)23(33)32(11)3)12-4-5-34-18(6-12)13(9-27)10-28-2/h7-10,12,18H,4-6,27H2,1-3H3/b13-9+,28-10?/t12-,18+/m1/s1. The summed E-state index contributed by atoms with van der Waals surface area (Å²) in [5.74, 6) is -3.28. The van der Waals surface area contributed by atoms with Gasteiger partial charge in [0, 0.05) is 56.2 Å². The normalized spacial score (nSPS) is 19.3. The summed E-state index contributed by atoms with van der Waals surface area (Å²) in [6.45, 7) is 1.96. The first-order valence-corrected chi connectivity index (χ1v) is 10.6. The summed E-state index contributed by atoms with van der Waals surface area (Å²) >= 11 is 0. The van der Waals surface area contributed by atoms with E-state index < -0.39 is 23.0 Å². The van der Waals surface area contributed by atoms with Crippen molar-refractivity contribution in [1.82, 2.24) is 19.5 Å². The fourth-order valence-electron chi connectivity index (χ4n) is 3.99. The second-order valence-electron chi connectivity index (χ2n) is 8.03. The number of halogens is 3. The summed E-state index contributed by atoms with van der Waals surface area (Å²) in [7, 11) is 3.15. The third-order valence-corrected chi connectivity index (χ3v) is 5.92. The second kappa shape index (κ2) is 9.34. The Balaban J connectivity index is 1.93. The second-order valence-corrected chi connectivity index (χ2v) is 8.03. The Labute approximate surface area is 193 Å². The van der Waals surface area contributed by atoms with E-state index in [-0.39, 0.29) is 40.1 Å². The molecule has 1 saturated heterocycles. The van der Waals surface area contributed by atoms with Crippen molar-refractivity contribution in [3.8, 4) is 11.3 Å². The zero-order chi connectivity index (χ0) is 24.6. The number of benzene rings is 1. The molecule has 34 heavy (non-hydrogen) atoms. The molecule has 0 amide bonds. The van der Waals surface area contributed by atoms with E-state index in [1.165, 1.54) is 17.8 Å². The van der Waals surface area contributed by atoms with Crippen molar-refractivity contribution < 1.29 is 17.9 Å². The molecule has 0 bridgehead atoms. The van der Waals surface area contributed by atoms with Crippen molar-refractivity contribution in [1.29, 1.82) is 0 Å². The molecular weight excluding hydrogens is 449 g/mol. The summed E-state index contributed by atoms with van der Waals surface area (Å²) in [6, 6.07) is 1.16. The topological polar surface area (TPSA) is 108 Å². The minimum Gasteiger partial charge on any atom is -0.404 e. The first-order valence-electron chi connectivity index (χ1n) is 10.6. The van der Waals surface area contributed by atoms with E-state index in [2.05, 4.69) is 19.9 Å². The molecule has 3 heterocycles. The molecule has 2 N–H and O–H groups in total. The number of hydrogen-bond donors (Lipinski definition) is 1. The number of hydrogen-bond acceptors (Lipinski definition) is 7. The van der Waals surface area contributed by atoms with Crippen LogP contribution in [0.3, 0.4) is 0 Å². The molecular formula is C23H23F3N6O2. The lowest BCUT2D eigenvalue weighted by Crippen LogP contribution is -2.29. The van der Waals surface area contributed by atoms with Gasteiger partial charge in [-0.05, 0) is 25.8 Å². The maximum Gasteiger partial charge on any atom is 0.279 e. The Bertz CT molecular complexity index is 1390. The van der Waals surface area contributed by atoms with Crippen LogP contribution in [0, 0.1) is 24.4 Å². The van der Waals surface area contributed by atoms with E-state index in [9.17, 15) is 18.0 Å². The summed E-state index contributed by atoms with van der Waals surface area (Å²) in [6.07, 6.45) is 3.58. The van der Waals surface area contributed by atoms with Gasteiger partial charge in [0.2, 0.25) is 0 Å². The van der Waals surface area contributed by atoms with Crippen molar-refractivity contribution in [2.45, 2.75) is 31.8 Å². The molecule has 0 unspecified atom stereocenters. The summed E-state index contributed by atoms with van der Waals surface area (Å²) < 4.78 is 49.5. The van der Waals surface area contributed by atoms with Crippen molar-refractivity contribution in [2.75, 3.05) is 13.7 Å². The molecule has 1 aromatic carbocycles. The van der Waals surface area contributed by atoms with Crippen molar-refractivity contribution in [2.24, 2.45) is 17.8 Å². The van der Waals surface area contributed by atoms with Crippen LogP contribution in [0.4, 0.5) is 13.2 Å². The lowest BCUT2D eigenvalue weighted by Gasteiger charge is -2.29. The van der Waals surface area contributed by atoms with Crippen molar-refractivity contribution >= 4 is 17.2 Å². The van der Waals surface area contributed by atoms with Gasteiger partial charge >= 0.3 is 0 Å². The van der Waals surface area contributed by atoms with Crippen molar-refractivity contribution in [3.63, 3.8) is 0 Å². The van der Waals surface area contributed by atoms with Crippen LogP contribution in [-0.4, -0.2) is 45.5 Å². The number of nitrogens with zero attached hydrogens (tertiary/aromatic N) is 5. The van der Waals surface area contributed by atoms with E-state index >= 15 is 0 Å². The minimum atomic E-state index is -1.33. The summed E-state index contributed by atoms with van der Waals surface area (Å²) in [5, 5.41) is 0. The van der Waals surface area contributed by atoms with Gasteiger partial charge in [-0.15, -0.1) is 0 Å². The van der Waals surface area contributed by atoms with E-state index in [1.807, 2.05) is 0 Å². The highest BCUT2D eigenvalue weighted by Gasteiger charge is 2.30. The van der Waals surface area contributed by atoms with E-state index in [0.717, 1.165) is 0 Å². The highest BCUT2D eigenvalue weighted by molar-refractivity contribution is 5.88. The Morgan fingerprint density at radius 1 is 1.18 bits per heavy atom. The molecule has 178 valence electrons. The molecule has 4 rings (SSSR count). The van der Waals surface area contributed by atoms with E-state index in [0.29, 0.717) is 43.0 Å². The third kappa shape index (κ3) is 4.18. The molecule has 11 heteroatoms. The lowest BCUT2D eigenvalue weighted by molar-refractivity contribution is 0.0314. The van der Waals surface area contributed by atoms with Crippen LogP contribution < -0.4 is 11.3 Å². The molecule has 0 aliphatic carbocycles. The van der Waals surface area contributed by atoms with Gasteiger partial charge in [0.25, 0.3) is 5.56 Å². The number of aromatic nitrogens is 4. The molecule has 1 fully saturated rings. The first kappa shape index (κ1) is 23.6. The monoisotopic (exact) mass is 472 g/mol. The van der Waals surface area contributed by atoms with Gasteiger partial charge in [0.1, 0.15) is 28.7 Å². The maximum absolute atomic E-state index is 14.8. The Morgan fingerprint density at radius 2 is 1.91 bits per heavy atom.